The van der Waals surface area contributed by atoms with Gasteiger partial charge in [-0.15, -0.1) is 0 Å². The second kappa shape index (κ2) is 7.74. The Labute approximate surface area is 140 Å². The minimum atomic E-state index is -0.337. The van der Waals surface area contributed by atoms with E-state index in [2.05, 4.69) is 10.6 Å². The van der Waals surface area contributed by atoms with Crippen LogP contribution in [-0.2, 0) is 6.54 Å². The minimum Gasteiger partial charge on any atom is -0.496 e. The molecule has 122 valence electrons. The molecule has 0 aliphatic carbocycles. The Bertz CT molecular complexity index is 704. The lowest BCUT2D eigenvalue weighted by molar-refractivity contribution is 0.251. The van der Waals surface area contributed by atoms with Crippen LogP contribution in [0, 0.1) is 6.92 Å². The van der Waals surface area contributed by atoms with Crippen LogP contribution in [0.5, 0.6) is 11.5 Å². The normalized spacial score (nSPS) is 10.1. The zero-order chi connectivity index (χ0) is 16.8. The highest BCUT2D eigenvalue weighted by molar-refractivity contribution is 6.31. The van der Waals surface area contributed by atoms with Crippen molar-refractivity contribution >= 4 is 23.3 Å². The summed E-state index contributed by atoms with van der Waals surface area (Å²) in [5, 5.41) is 6.14. The average molecular weight is 335 g/mol. The summed E-state index contributed by atoms with van der Waals surface area (Å²) in [4.78, 5) is 12.1. The zero-order valence-electron chi connectivity index (χ0n) is 13.3. The molecule has 0 unspecified atom stereocenters. The van der Waals surface area contributed by atoms with Gasteiger partial charge in [-0.1, -0.05) is 29.8 Å². The molecule has 0 bridgehead atoms. The Hall–Kier alpha value is -2.40. The highest BCUT2D eigenvalue weighted by atomic mass is 35.5. The number of ether oxygens (including phenoxy) is 2. The molecular weight excluding hydrogens is 316 g/mol. The van der Waals surface area contributed by atoms with E-state index >= 15 is 0 Å². The highest BCUT2D eigenvalue weighted by Crippen LogP contribution is 2.30. The fourth-order valence-electron chi connectivity index (χ4n) is 2.12. The number of para-hydroxylation sites is 1. The van der Waals surface area contributed by atoms with E-state index in [0.29, 0.717) is 23.0 Å². The van der Waals surface area contributed by atoms with Gasteiger partial charge in [0.05, 0.1) is 19.9 Å². The van der Waals surface area contributed by atoms with Gasteiger partial charge in [-0.05, 0) is 24.6 Å². The maximum Gasteiger partial charge on any atom is 0.319 e. The smallest absolute Gasteiger partial charge is 0.319 e. The quantitative estimate of drug-likeness (QED) is 0.869. The molecule has 2 amide bonds. The summed E-state index contributed by atoms with van der Waals surface area (Å²) >= 11 is 6.05. The first-order valence-corrected chi connectivity index (χ1v) is 7.43. The summed E-state index contributed by atoms with van der Waals surface area (Å²) in [6.07, 6.45) is 0. The standard InChI is InChI=1S/C17H19ClN2O3/c1-11-8-14(16(23-3)9-13(11)18)20-17(21)19-10-12-6-4-5-7-15(12)22-2/h4-9H,10H2,1-3H3,(H2,19,20,21). The summed E-state index contributed by atoms with van der Waals surface area (Å²) in [5.41, 5.74) is 2.31. The fraction of sp³-hybridized carbons (Fsp3) is 0.235. The number of hydrogen-bond acceptors (Lipinski definition) is 3. The van der Waals surface area contributed by atoms with E-state index < -0.39 is 0 Å². The molecule has 5 nitrogen and oxygen atoms in total. The highest BCUT2D eigenvalue weighted by Gasteiger charge is 2.11. The monoisotopic (exact) mass is 334 g/mol. The van der Waals surface area contributed by atoms with Gasteiger partial charge < -0.3 is 20.1 Å². The SMILES string of the molecule is COc1ccccc1CNC(=O)Nc1cc(C)c(Cl)cc1OC. The molecule has 2 rings (SSSR count). The van der Waals surface area contributed by atoms with Gasteiger partial charge in [0.25, 0.3) is 0 Å². The Morgan fingerprint density at radius 2 is 1.83 bits per heavy atom. The summed E-state index contributed by atoms with van der Waals surface area (Å²) in [6, 6.07) is 10.6. The van der Waals surface area contributed by atoms with Crippen LogP contribution in [0.4, 0.5) is 10.5 Å². The Balaban J connectivity index is 2.04. The minimum absolute atomic E-state index is 0.337. The third kappa shape index (κ3) is 4.29. The predicted molar refractivity (Wildman–Crippen MR) is 91.6 cm³/mol. The summed E-state index contributed by atoms with van der Waals surface area (Å²) < 4.78 is 10.5. The van der Waals surface area contributed by atoms with Gasteiger partial charge in [0.1, 0.15) is 11.5 Å². The number of carbonyl (C=O) groups is 1. The lowest BCUT2D eigenvalue weighted by atomic mass is 10.2. The van der Waals surface area contributed by atoms with E-state index in [-0.39, 0.29) is 6.03 Å². The van der Waals surface area contributed by atoms with Crippen molar-refractivity contribution in [3.05, 3.63) is 52.5 Å². The van der Waals surface area contributed by atoms with Gasteiger partial charge in [-0.25, -0.2) is 4.79 Å². The topological polar surface area (TPSA) is 59.6 Å². The van der Waals surface area contributed by atoms with E-state index in [1.165, 1.54) is 7.11 Å². The van der Waals surface area contributed by atoms with Crippen LogP contribution in [0.1, 0.15) is 11.1 Å². The van der Waals surface area contributed by atoms with Crippen LogP contribution in [0.25, 0.3) is 0 Å². The predicted octanol–water partition coefficient (Wildman–Crippen LogP) is 3.99. The Morgan fingerprint density at radius 1 is 1.13 bits per heavy atom. The van der Waals surface area contributed by atoms with Crippen LogP contribution in [0.3, 0.4) is 0 Å². The molecule has 6 heteroatoms. The third-order valence-corrected chi connectivity index (χ3v) is 3.77. The lowest BCUT2D eigenvalue weighted by Crippen LogP contribution is -2.28. The van der Waals surface area contributed by atoms with Crippen LogP contribution in [-0.4, -0.2) is 20.3 Å². The molecule has 0 saturated heterocycles. The van der Waals surface area contributed by atoms with Crippen LogP contribution < -0.4 is 20.1 Å². The number of carbonyl (C=O) groups excluding carboxylic acids is 1. The number of amides is 2. The van der Waals surface area contributed by atoms with Crippen molar-refractivity contribution in [3.63, 3.8) is 0 Å². The molecule has 0 saturated carbocycles. The van der Waals surface area contributed by atoms with Gasteiger partial charge >= 0.3 is 6.03 Å². The number of hydrogen-bond donors (Lipinski definition) is 2. The Morgan fingerprint density at radius 3 is 2.52 bits per heavy atom. The average Bonchev–Trinajstić information content (AvgIpc) is 2.56. The van der Waals surface area contributed by atoms with Gasteiger partial charge in [0.2, 0.25) is 0 Å². The Kier molecular flexibility index (Phi) is 5.71. The molecular formula is C17H19ClN2O3. The number of methoxy groups -OCH3 is 2. The second-order valence-electron chi connectivity index (χ2n) is 4.92. The zero-order valence-corrected chi connectivity index (χ0v) is 14.0. The van der Waals surface area contributed by atoms with Crippen LogP contribution >= 0.6 is 11.6 Å². The molecule has 0 aromatic heterocycles. The molecule has 2 N–H and O–H groups in total. The molecule has 2 aromatic carbocycles. The van der Waals surface area contributed by atoms with E-state index in [1.54, 1.807) is 19.2 Å². The van der Waals surface area contributed by atoms with E-state index in [4.69, 9.17) is 21.1 Å². The fourth-order valence-corrected chi connectivity index (χ4v) is 2.27. The van der Waals surface area contributed by atoms with Gasteiger partial charge in [-0.3, -0.25) is 0 Å². The molecule has 0 heterocycles. The van der Waals surface area contributed by atoms with E-state index in [1.807, 2.05) is 31.2 Å². The lowest BCUT2D eigenvalue weighted by Gasteiger charge is -2.14. The van der Waals surface area contributed by atoms with Crippen molar-refractivity contribution in [2.24, 2.45) is 0 Å². The van der Waals surface area contributed by atoms with E-state index in [0.717, 1.165) is 16.9 Å². The summed E-state index contributed by atoms with van der Waals surface area (Å²) in [5.74, 6) is 1.24. The second-order valence-corrected chi connectivity index (χ2v) is 5.33. The van der Waals surface area contributed by atoms with Crippen molar-refractivity contribution in [1.29, 1.82) is 0 Å². The number of halogens is 1. The number of urea groups is 1. The van der Waals surface area contributed by atoms with Gasteiger partial charge in [0, 0.05) is 23.2 Å². The first-order chi connectivity index (χ1) is 11.0. The molecule has 0 spiro atoms. The molecule has 0 fully saturated rings. The van der Waals surface area contributed by atoms with Gasteiger partial charge in [0.15, 0.2) is 0 Å². The van der Waals surface area contributed by atoms with Crippen LogP contribution in [0.2, 0.25) is 5.02 Å². The maximum absolute atomic E-state index is 12.1. The molecule has 2 aromatic rings. The first-order valence-electron chi connectivity index (χ1n) is 7.06. The third-order valence-electron chi connectivity index (χ3n) is 3.36. The molecule has 23 heavy (non-hydrogen) atoms. The van der Waals surface area contributed by atoms with Crippen molar-refractivity contribution in [2.75, 3.05) is 19.5 Å². The van der Waals surface area contributed by atoms with E-state index in [9.17, 15) is 4.79 Å². The van der Waals surface area contributed by atoms with Crippen molar-refractivity contribution < 1.29 is 14.3 Å². The maximum atomic E-state index is 12.1. The number of rotatable bonds is 5. The molecule has 0 atom stereocenters. The molecule has 0 aliphatic heterocycles. The molecule has 0 radical (unpaired) electrons. The first kappa shape index (κ1) is 17.0. The number of anilines is 1. The number of benzene rings is 2. The molecule has 0 aliphatic rings. The number of aryl methyl sites for hydroxylation is 1. The van der Waals surface area contributed by atoms with Gasteiger partial charge in [-0.2, -0.15) is 0 Å². The summed E-state index contributed by atoms with van der Waals surface area (Å²) in [6.45, 7) is 2.21. The van der Waals surface area contributed by atoms with Crippen molar-refractivity contribution in [3.8, 4) is 11.5 Å². The number of nitrogens with one attached hydrogen (secondary N) is 2. The largest absolute Gasteiger partial charge is 0.496 e. The van der Waals surface area contributed by atoms with Crippen molar-refractivity contribution in [2.45, 2.75) is 13.5 Å². The van der Waals surface area contributed by atoms with Crippen LogP contribution in [0.15, 0.2) is 36.4 Å². The summed E-state index contributed by atoms with van der Waals surface area (Å²) in [7, 11) is 3.12. The van der Waals surface area contributed by atoms with Crippen molar-refractivity contribution in [1.82, 2.24) is 5.32 Å².